The molecule has 1 atom stereocenters. The Hall–Kier alpha value is -0.240. The zero-order valence-corrected chi connectivity index (χ0v) is 15.0. The van der Waals surface area contributed by atoms with E-state index in [4.69, 9.17) is 0 Å². The minimum Gasteiger partial charge on any atom is -0.306 e. The van der Waals surface area contributed by atoms with Crippen LogP contribution in [0.1, 0.15) is 53.9 Å². The lowest BCUT2D eigenvalue weighted by molar-refractivity contribution is -0.0563. The van der Waals surface area contributed by atoms with Gasteiger partial charge in [0.1, 0.15) is 0 Å². The van der Waals surface area contributed by atoms with Gasteiger partial charge in [-0.3, -0.25) is 21.4 Å². The lowest BCUT2D eigenvalue weighted by Gasteiger charge is -2.46. The zero-order chi connectivity index (χ0) is 16.1. The van der Waals surface area contributed by atoms with Crippen LogP contribution in [0.25, 0.3) is 0 Å². The monoisotopic (exact) mass is 302 g/mol. The highest BCUT2D eigenvalue weighted by molar-refractivity contribution is 4.83. The average molecular weight is 303 g/mol. The van der Waals surface area contributed by atoms with Crippen LogP contribution in [0.3, 0.4) is 0 Å². The van der Waals surface area contributed by atoms with E-state index in [1.807, 2.05) is 7.05 Å². The third-order valence-electron chi connectivity index (χ3n) is 3.12. The molecular formula is C15H38N6. The van der Waals surface area contributed by atoms with Crippen molar-refractivity contribution in [2.24, 2.45) is 0 Å². The van der Waals surface area contributed by atoms with Gasteiger partial charge in [0.15, 0.2) is 5.91 Å². The molecule has 0 amide bonds. The molecule has 0 aliphatic heterocycles. The highest BCUT2D eigenvalue weighted by atomic mass is 15.7. The van der Waals surface area contributed by atoms with Gasteiger partial charge in [-0.15, -0.1) is 0 Å². The van der Waals surface area contributed by atoms with E-state index in [0.717, 1.165) is 39.1 Å². The van der Waals surface area contributed by atoms with Gasteiger partial charge in [-0.05, 0) is 46.8 Å². The van der Waals surface area contributed by atoms with Gasteiger partial charge >= 0.3 is 0 Å². The second-order valence-corrected chi connectivity index (χ2v) is 5.67. The number of hydrogen-bond acceptors (Lipinski definition) is 6. The van der Waals surface area contributed by atoms with Crippen LogP contribution in [0.4, 0.5) is 0 Å². The molecule has 0 heterocycles. The van der Waals surface area contributed by atoms with E-state index < -0.39 is 5.91 Å². The molecule has 0 aliphatic carbocycles. The Labute approximate surface area is 131 Å². The van der Waals surface area contributed by atoms with Crippen molar-refractivity contribution in [2.45, 2.75) is 65.8 Å². The number of nitrogens with zero attached hydrogens (tertiary/aromatic N) is 1. The molecule has 0 fully saturated rings. The summed E-state index contributed by atoms with van der Waals surface area (Å²) in [6.07, 6.45) is 3.45. The second kappa shape index (κ2) is 12.3. The molecule has 0 saturated carbocycles. The number of unbranched alkanes of at least 4 members (excludes halogenated alkanes) is 1. The quantitative estimate of drug-likeness (QED) is 0.187. The highest BCUT2D eigenvalue weighted by Crippen LogP contribution is 2.05. The van der Waals surface area contributed by atoms with Gasteiger partial charge < -0.3 is 5.32 Å². The summed E-state index contributed by atoms with van der Waals surface area (Å²) in [7, 11) is 1.97. The van der Waals surface area contributed by atoms with E-state index in [1.54, 1.807) is 0 Å². The van der Waals surface area contributed by atoms with Crippen molar-refractivity contribution in [3.63, 3.8) is 0 Å². The number of nitrogens with one attached hydrogen (secondary N) is 5. The summed E-state index contributed by atoms with van der Waals surface area (Å²) < 4.78 is 0. The minimum absolute atomic E-state index is 0.362. The maximum atomic E-state index is 3.64. The molecule has 0 aliphatic rings. The van der Waals surface area contributed by atoms with Crippen molar-refractivity contribution in [2.75, 3.05) is 33.4 Å². The Kier molecular flexibility index (Phi) is 12.2. The van der Waals surface area contributed by atoms with Gasteiger partial charge in [0.05, 0.1) is 6.67 Å². The van der Waals surface area contributed by atoms with E-state index >= 15 is 0 Å². The van der Waals surface area contributed by atoms with Gasteiger partial charge in [0.2, 0.25) is 0 Å². The van der Waals surface area contributed by atoms with Crippen molar-refractivity contribution in [1.29, 1.82) is 0 Å². The van der Waals surface area contributed by atoms with Crippen LogP contribution in [0.15, 0.2) is 0 Å². The van der Waals surface area contributed by atoms with Gasteiger partial charge in [-0.25, -0.2) is 0 Å². The molecule has 0 bridgehead atoms. The largest absolute Gasteiger partial charge is 0.306 e. The van der Waals surface area contributed by atoms with Crippen LogP contribution in [-0.2, 0) is 0 Å². The van der Waals surface area contributed by atoms with Crippen LogP contribution in [0, 0.1) is 0 Å². The maximum Gasteiger partial charge on any atom is 0.198 e. The normalized spacial score (nSPS) is 14.9. The third-order valence-corrected chi connectivity index (χ3v) is 3.12. The molecule has 1 unspecified atom stereocenters. The Morgan fingerprint density at radius 1 is 1.00 bits per heavy atom. The minimum atomic E-state index is -0.449. The first-order valence-electron chi connectivity index (χ1n) is 8.49. The average Bonchev–Trinajstić information content (AvgIpc) is 2.43. The molecule has 6 nitrogen and oxygen atoms in total. The van der Waals surface area contributed by atoms with E-state index in [9.17, 15) is 0 Å². The second-order valence-electron chi connectivity index (χ2n) is 5.67. The smallest absolute Gasteiger partial charge is 0.198 e. The Bertz CT molecular complexity index is 236. The molecule has 5 N–H and O–H groups in total. The van der Waals surface area contributed by atoms with Crippen LogP contribution < -0.4 is 26.7 Å². The van der Waals surface area contributed by atoms with Gasteiger partial charge in [0.25, 0.3) is 0 Å². The predicted molar refractivity (Wildman–Crippen MR) is 91.6 cm³/mol. The molecule has 21 heavy (non-hydrogen) atoms. The highest BCUT2D eigenvalue weighted by Gasteiger charge is 2.35. The fraction of sp³-hybridized carbons (Fsp3) is 1.00. The summed E-state index contributed by atoms with van der Waals surface area (Å²) in [5, 5.41) is 16.3. The summed E-state index contributed by atoms with van der Waals surface area (Å²) in [5.74, 6) is -0.449. The van der Waals surface area contributed by atoms with Crippen LogP contribution in [0.2, 0.25) is 0 Å². The molecule has 0 rings (SSSR count). The molecular weight excluding hydrogens is 264 g/mol. The topological polar surface area (TPSA) is 63.4 Å². The predicted octanol–water partition coefficient (Wildman–Crippen LogP) is 0.988. The summed E-state index contributed by atoms with van der Waals surface area (Å²) in [4.78, 5) is 0. The van der Waals surface area contributed by atoms with Gasteiger partial charge in [-0.2, -0.15) is 5.01 Å². The summed E-state index contributed by atoms with van der Waals surface area (Å²) in [6, 6.07) is 0.362. The Morgan fingerprint density at radius 3 is 2.19 bits per heavy atom. The van der Waals surface area contributed by atoms with Gasteiger partial charge in [-0.1, -0.05) is 27.2 Å². The first-order valence-corrected chi connectivity index (χ1v) is 8.49. The van der Waals surface area contributed by atoms with Crippen LogP contribution in [-0.4, -0.2) is 50.3 Å². The molecule has 0 aromatic heterocycles. The molecule has 0 saturated heterocycles. The van der Waals surface area contributed by atoms with Gasteiger partial charge in [0, 0.05) is 12.6 Å². The Balaban J connectivity index is 5.08. The number of rotatable bonds is 14. The fourth-order valence-corrected chi connectivity index (χ4v) is 2.25. The summed E-state index contributed by atoms with van der Waals surface area (Å²) in [5.41, 5.74) is 3.54. The lowest BCUT2D eigenvalue weighted by Crippen LogP contribution is -2.80. The van der Waals surface area contributed by atoms with E-state index in [0.29, 0.717) is 6.04 Å². The standard InChI is InChI=1S/C15H38N6/c1-7-10-12-19-21(13-16-6)15(17-9-3,18-11-8-2)20-14(4)5/h14,16-20H,7-13H2,1-6H3. The molecule has 0 spiro atoms. The maximum absolute atomic E-state index is 3.64. The van der Waals surface area contributed by atoms with E-state index in [1.165, 1.54) is 6.42 Å². The molecule has 0 aromatic rings. The van der Waals surface area contributed by atoms with Crippen molar-refractivity contribution >= 4 is 0 Å². The van der Waals surface area contributed by atoms with Crippen molar-refractivity contribution in [1.82, 2.24) is 31.7 Å². The molecule has 0 radical (unpaired) electrons. The fourth-order valence-electron chi connectivity index (χ4n) is 2.25. The zero-order valence-electron chi connectivity index (χ0n) is 15.0. The molecule has 6 heteroatoms. The van der Waals surface area contributed by atoms with Crippen molar-refractivity contribution in [3.8, 4) is 0 Å². The van der Waals surface area contributed by atoms with E-state index in [-0.39, 0.29) is 0 Å². The summed E-state index contributed by atoms with van der Waals surface area (Å²) in [6.45, 7) is 14.4. The Morgan fingerprint density at radius 2 is 1.71 bits per heavy atom. The lowest BCUT2D eigenvalue weighted by atomic mass is 10.3. The first kappa shape index (κ1) is 20.8. The van der Waals surface area contributed by atoms with Crippen molar-refractivity contribution in [3.05, 3.63) is 0 Å². The van der Waals surface area contributed by atoms with Crippen molar-refractivity contribution < 1.29 is 0 Å². The SMILES string of the molecule is CCCCNN(CNC)C(NCC)(NCCC)NC(C)C. The van der Waals surface area contributed by atoms with Crippen LogP contribution >= 0.6 is 0 Å². The molecule has 0 aromatic carbocycles. The summed E-state index contributed by atoms with van der Waals surface area (Å²) >= 11 is 0. The number of hydrazine groups is 1. The third kappa shape index (κ3) is 8.09. The molecule has 128 valence electrons. The number of hydrogen-bond donors (Lipinski definition) is 5. The van der Waals surface area contributed by atoms with Crippen LogP contribution in [0.5, 0.6) is 0 Å². The first-order chi connectivity index (χ1) is 10.1. The van der Waals surface area contributed by atoms with E-state index in [2.05, 4.69) is 66.3 Å².